The highest BCUT2D eigenvalue weighted by Crippen LogP contribution is 2.28. The Hall–Kier alpha value is -2.15. The number of hydrogen-bond donors (Lipinski definition) is 2. The van der Waals surface area contributed by atoms with Crippen molar-refractivity contribution in [2.45, 2.75) is 4.84 Å². The van der Waals surface area contributed by atoms with E-state index >= 15 is 0 Å². The summed E-state index contributed by atoms with van der Waals surface area (Å²) >= 11 is 12.4. The zero-order valence-electron chi connectivity index (χ0n) is 12.7. The molecule has 0 fully saturated rings. The maximum absolute atomic E-state index is 13.2. The summed E-state index contributed by atoms with van der Waals surface area (Å²) in [5.74, 6) is -0.790. The third-order valence-electron chi connectivity index (χ3n) is 3.23. The second-order valence-electron chi connectivity index (χ2n) is 5.04. The third kappa shape index (κ3) is 4.69. The number of anilines is 3. The Balaban J connectivity index is 1.70. The molecule has 1 heterocycles. The minimum atomic E-state index is -1.12. The molecule has 2 N–H and O–H groups in total. The van der Waals surface area contributed by atoms with Gasteiger partial charge in [0.2, 0.25) is 0 Å². The van der Waals surface area contributed by atoms with Gasteiger partial charge in [0.25, 0.3) is 5.91 Å². The van der Waals surface area contributed by atoms with E-state index in [1.165, 1.54) is 23.5 Å². The number of nitrogens with zero attached hydrogens (tertiary/aromatic N) is 1. The van der Waals surface area contributed by atoms with Crippen molar-refractivity contribution in [2.75, 3.05) is 10.6 Å². The minimum Gasteiger partial charge on any atom is -0.331 e. The van der Waals surface area contributed by atoms with Gasteiger partial charge in [-0.15, -0.1) is 11.3 Å². The molecular weight excluding hydrogens is 384 g/mol. The van der Waals surface area contributed by atoms with Crippen molar-refractivity contribution in [1.82, 2.24) is 4.98 Å². The number of alkyl halides is 2. The van der Waals surface area contributed by atoms with Crippen LogP contribution >= 0.6 is 34.5 Å². The zero-order chi connectivity index (χ0) is 17.8. The predicted octanol–water partition coefficient (Wildman–Crippen LogP) is 5.44. The number of thiazole rings is 1. The lowest BCUT2D eigenvalue weighted by Gasteiger charge is -2.06. The fourth-order valence-corrected chi connectivity index (χ4v) is 2.92. The standard InChI is InChI=1S/C17H12Cl2FN3OS/c18-15(19)16(24)21-12-6-4-10(5-7-12)14-9-25-17(23-14)22-13-3-1-2-11(20)8-13/h1-9,15H,(H,21,24)(H,22,23). The summed E-state index contributed by atoms with van der Waals surface area (Å²) in [7, 11) is 0. The van der Waals surface area contributed by atoms with Gasteiger partial charge in [-0.05, 0) is 30.3 Å². The highest BCUT2D eigenvalue weighted by Gasteiger charge is 2.11. The van der Waals surface area contributed by atoms with Crippen molar-refractivity contribution >= 4 is 57.0 Å². The van der Waals surface area contributed by atoms with Crippen molar-refractivity contribution in [3.8, 4) is 11.3 Å². The molecule has 0 spiro atoms. The molecule has 3 aromatic rings. The largest absolute Gasteiger partial charge is 0.331 e. The molecule has 1 aromatic heterocycles. The van der Waals surface area contributed by atoms with Crippen LogP contribution in [0.5, 0.6) is 0 Å². The van der Waals surface area contributed by atoms with Gasteiger partial charge >= 0.3 is 0 Å². The van der Waals surface area contributed by atoms with Crippen LogP contribution in [-0.2, 0) is 4.79 Å². The van der Waals surface area contributed by atoms with E-state index in [-0.39, 0.29) is 5.82 Å². The van der Waals surface area contributed by atoms with Crippen molar-refractivity contribution in [1.29, 1.82) is 0 Å². The summed E-state index contributed by atoms with van der Waals surface area (Å²) in [4.78, 5) is 14.8. The number of hydrogen-bond acceptors (Lipinski definition) is 4. The van der Waals surface area contributed by atoms with E-state index in [0.29, 0.717) is 16.5 Å². The summed E-state index contributed by atoms with van der Waals surface area (Å²) < 4.78 is 13.2. The van der Waals surface area contributed by atoms with Crippen molar-refractivity contribution in [3.05, 3.63) is 59.7 Å². The van der Waals surface area contributed by atoms with Gasteiger partial charge in [0.15, 0.2) is 9.97 Å². The molecule has 0 bridgehead atoms. The van der Waals surface area contributed by atoms with Crippen molar-refractivity contribution in [3.63, 3.8) is 0 Å². The predicted molar refractivity (Wildman–Crippen MR) is 101 cm³/mol. The fourth-order valence-electron chi connectivity index (χ4n) is 2.07. The first-order valence-corrected chi connectivity index (χ1v) is 8.94. The number of amides is 1. The first-order chi connectivity index (χ1) is 12.0. The molecule has 0 saturated heterocycles. The molecular formula is C17H12Cl2FN3OS. The Labute approximate surface area is 157 Å². The van der Waals surface area contributed by atoms with Crippen LogP contribution in [0.1, 0.15) is 0 Å². The molecule has 8 heteroatoms. The second kappa shape index (κ2) is 7.82. The van der Waals surface area contributed by atoms with E-state index in [1.807, 2.05) is 17.5 Å². The normalized spacial score (nSPS) is 10.7. The molecule has 1 amide bonds. The summed E-state index contributed by atoms with van der Waals surface area (Å²) in [5, 5.41) is 8.21. The Bertz CT molecular complexity index is 884. The Morgan fingerprint density at radius 1 is 1.12 bits per heavy atom. The van der Waals surface area contributed by atoms with Crippen molar-refractivity contribution in [2.24, 2.45) is 0 Å². The Morgan fingerprint density at radius 2 is 1.88 bits per heavy atom. The van der Waals surface area contributed by atoms with Crippen LogP contribution in [0, 0.1) is 5.82 Å². The molecule has 4 nitrogen and oxygen atoms in total. The molecule has 0 aliphatic carbocycles. The molecule has 0 radical (unpaired) electrons. The van der Waals surface area contributed by atoms with Crippen LogP contribution in [0.2, 0.25) is 0 Å². The highest BCUT2D eigenvalue weighted by atomic mass is 35.5. The minimum absolute atomic E-state index is 0.310. The van der Waals surface area contributed by atoms with Gasteiger partial charge in [0, 0.05) is 22.3 Å². The topological polar surface area (TPSA) is 54.0 Å². The summed E-state index contributed by atoms with van der Waals surface area (Å²) in [6, 6.07) is 13.3. The molecule has 0 unspecified atom stereocenters. The van der Waals surface area contributed by atoms with E-state index in [1.54, 1.807) is 24.3 Å². The van der Waals surface area contributed by atoms with E-state index in [4.69, 9.17) is 23.2 Å². The SMILES string of the molecule is O=C(Nc1ccc(-c2csc(Nc3cccc(F)c3)n2)cc1)C(Cl)Cl. The van der Waals surface area contributed by atoms with Crippen LogP contribution in [0.3, 0.4) is 0 Å². The summed E-state index contributed by atoms with van der Waals surface area (Å²) in [6.45, 7) is 0. The molecule has 128 valence electrons. The first-order valence-electron chi connectivity index (χ1n) is 7.19. The number of carbonyl (C=O) groups is 1. The molecule has 0 aliphatic rings. The molecule has 0 aliphatic heterocycles. The van der Waals surface area contributed by atoms with Gasteiger partial charge in [-0.3, -0.25) is 4.79 Å². The molecule has 0 atom stereocenters. The van der Waals surface area contributed by atoms with Gasteiger partial charge < -0.3 is 10.6 Å². The lowest BCUT2D eigenvalue weighted by Crippen LogP contribution is -2.18. The van der Waals surface area contributed by atoms with E-state index < -0.39 is 10.7 Å². The summed E-state index contributed by atoms with van der Waals surface area (Å²) in [5.41, 5.74) is 2.88. The quantitative estimate of drug-likeness (QED) is 0.565. The van der Waals surface area contributed by atoms with Gasteiger partial charge in [0.05, 0.1) is 5.69 Å². The number of aromatic nitrogens is 1. The maximum atomic E-state index is 13.2. The van der Waals surface area contributed by atoms with Crippen LogP contribution in [-0.4, -0.2) is 15.7 Å². The average molecular weight is 396 g/mol. The van der Waals surface area contributed by atoms with Crippen LogP contribution < -0.4 is 10.6 Å². The molecule has 3 rings (SSSR count). The zero-order valence-corrected chi connectivity index (χ0v) is 15.0. The molecule has 0 saturated carbocycles. The average Bonchev–Trinajstić information content (AvgIpc) is 3.04. The monoisotopic (exact) mass is 395 g/mol. The number of carbonyl (C=O) groups excluding carboxylic acids is 1. The van der Waals surface area contributed by atoms with E-state index in [0.717, 1.165) is 11.3 Å². The molecule has 2 aromatic carbocycles. The number of benzene rings is 2. The van der Waals surface area contributed by atoms with Crippen molar-refractivity contribution < 1.29 is 9.18 Å². The highest BCUT2D eigenvalue weighted by molar-refractivity contribution is 7.14. The lowest BCUT2D eigenvalue weighted by molar-refractivity contribution is -0.114. The fraction of sp³-hybridized carbons (Fsp3) is 0.0588. The third-order valence-corrected chi connectivity index (χ3v) is 4.38. The van der Waals surface area contributed by atoms with Gasteiger partial charge in [-0.1, -0.05) is 41.4 Å². The number of halogens is 3. The van der Waals surface area contributed by atoms with Crippen LogP contribution in [0.25, 0.3) is 11.3 Å². The van der Waals surface area contributed by atoms with E-state index in [2.05, 4.69) is 15.6 Å². The van der Waals surface area contributed by atoms with Gasteiger partial charge in [0.1, 0.15) is 5.82 Å². The smallest absolute Gasteiger partial charge is 0.257 e. The Kier molecular flexibility index (Phi) is 5.53. The second-order valence-corrected chi connectivity index (χ2v) is 6.99. The number of nitrogens with one attached hydrogen (secondary N) is 2. The van der Waals surface area contributed by atoms with Gasteiger partial charge in [-0.2, -0.15) is 0 Å². The Morgan fingerprint density at radius 3 is 2.56 bits per heavy atom. The lowest BCUT2D eigenvalue weighted by atomic mass is 10.1. The first kappa shape index (κ1) is 17.7. The molecule has 25 heavy (non-hydrogen) atoms. The van der Waals surface area contributed by atoms with E-state index in [9.17, 15) is 9.18 Å². The van der Waals surface area contributed by atoms with Crippen LogP contribution in [0.15, 0.2) is 53.9 Å². The van der Waals surface area contributed by atoms with Gasteiger partial charge in [-0.25, -0.2) is 9.37 Å². The maximum Gasteiger partial charge on any atom is 0.257 e. The van der Waals surface area contributed by atoms with Crippen LogP contribution in [0.4, 0.5) is 20.9 Å². The number of rotatable bonds is 5. The summed E-state index contributed by atoms with van der Waals surface area (Å²) in [6.07, 6.45) is 0.